The maximum absolute atomic E-state index is 12.8. The number of amides is 2. The molecular formula is C23H22N6O5S2. The number of hydrogen-bond donors (Lipinski definition) is 5. The van der Waals surface area contributed by atoms with Crippen molar-refractivity contribution in [3.05, 3.63) is 62.9 Å². The van der Waals surface area contributed by atoms with Crippen LogP contribution in [0.3, 0.4) is 0 Å². The summed E-state index contributed by atoms with van der Waals surface area (Å²) in [5, 5.41) is 27.4. The highest BCUT2D eigenvalue weighted by Crippen LogP contribution is 2.26. The van der Waals surface area contributed by atoms with Crippen LogP contribution in [-0.2, 0) is 9.59 Å². The fourth-order valence-corrected chi connectivity index (χ4v) is 5.06. The first-order chi connectivity index (χ1) is 17.4. The number of fused-ring (bicyclic) bond motifs is 1. The van der Waals surface area contributed by atoms with E-state index in [9.17, 15) is 24.3 Å². The number of carboxylic acid groups (broad SMARTS) is 1. The van der Waals surface area contributed by atoms with E-state index < -0.39 is 29.7 Å². The van der Waals surface area contributed by atoms with E-state index in [0.29, 0.717) is 15.7 Å². The van der Waals surface area contributed by atoms with Crippen molar-refractivity contribution in [1.82, 2.24) is 25.8 Å². The Labute approximate surface area is 212 Å². The van der Waals surface area contributed by atoms with Crippen molar-refractivity contribution in [2.24, 2.45) is 0 Å². The number of anilines is 1. The van der Waals surface area contributed by atoms with Crippen LogP contribution in [-0.4, -0.2) is 63.5 Å². The fraction of sp³-hybridized carbons (Fsp3) is 0.217. The first kappa shape index (κ1) is 25.0. The number of nitrogens with zero attached hydrogens (tertiary/aromatic N) is 2. The second kappa shape index (κ2) is 11.1. The van der Waals surface area contributed by atoms with Gasteiger partial charge in [0.15, 0.2) is 5.13 Å². The second-order valence-corrected chi connectivity index (χ2v) is 9.73. The predicted octanol–water partition coefficient (Wildman–Crippen LogP) is 2.40. The van der Waals surface area contributed by atoms with E-state index in [1.54, 1.807) is 30.6 Å². The number of benzene rings is 1. The van der Waals surface area contributed by atoms with E-state index in [1.807, 2.05) is 18.2 Å². The largest absolute Gasteiger partial charge is 0.480 e. The maximum Gasteiger partial charge on any atom is 0.328 e. The van der Waals surface area contributed by atoms with Crippen LogP contribution in [0.15, 0.2) is 41.9 Å². The van der Waals surface area contributed by atoms with E-state index in [0.717, 1.165) is 34.1 Å². The monoisotopic (exact) mass is 526 g/mol. The molecule has 2 amide bonds. The SMILES string of the molecule is Cc1nc(NCC(C=O)c2cccc3[nH]ncc23)sc1C(=O)NC(CNC(=O)c1cccs1)C(=O)O. The van der Waals surface area contributed by atoms with Crippen LogP contribution in [0, 0.1) is 6.92 Å². The zero-order valence-electron chi connectivity index (χ0n) is 19.0. The number of carbonyl (C=O) groups excluding carboxylic acids is 3. The van der Waals surface area contributed by atoms with Crippen molar-refractivity contribution in [1.29, 1.82) is 0 Å². The minimum atomic E-state index is -1.32. The van der Waals surface area contributed by atoms with Crippen molar-refractivity contribution >= 4 is 62.8 Å². The lowest BCUT2D eigenvalue weighted by atomic mass is 9.97. The molecule has 1 aromatic carbocycles. The molecule has 0 aliphatic carbocycles. The minimum absolute atomic E-state index is 0.230. The van der Waals surface area contributed by atoms with Crippen molar-refractivity contribution in [2.75, 3.05) is 18.4 Å². The maximum atomic E-state index is 12.8. The summed E-state index contributed by atoms with van der Waals surface area (Å²) in [6, 6.07) is 7.57. The predicted molar refractivity (Wildman–Crippen MR) is 136 cm³/mol. The number of rotatable bonds is 11. The minimum Gasteiger partial charge on any atom is -0.480 e. The van der Waals surface area contributed by atoms with Gasteiger partial charge in [-0.1, -0.05) is 29.5 Å². The standard InChI is InChI=1S/C23H22N6O5S2/c1-12-19(21(32)28-17(22(33)34)10-24-20(31)18-6-3-7-35-18)36-23(27-12)25-8-13(11-30)14-4-2-5-16-15(14)9-26-29-16/h2-7,9,11,13,17H,8,10H2,1H3,(H,24,31)(H,25,27)(H,26,29)(H,28,32)(H,33,34). The van der Waals surface area contributed by atoms with Crippen LogP contribution in [0.1, 0.15) is 36.5 Å². The Morgan fingerprint density at radius 1 is 1.17 bits per heavy atom. The molecule has 0 fully saturated rings. The molecule has 186 valence electrons. The molecule has 2 atom stereocenters. The van der Waals surface area contributed by atoms with Crippen molar-refractivity contribution in [2.45, 2.75) is 18.9 Å². The highest BCUT2D eigenvalue weighted by atomic mass is 32.1. The summed E-state index contributed by atoms with van der Waals surface area (Å²) in [5.74, 6) is -2.79. The second-order valence-electron chi connectivity index (χ2n) is 7.79. The lowest BCUT2D eigenvalue weighted by Crippen LogP contribution is -2.48. The Bertz CT molecular complexity index is 1400. The van der Waals surface area contributed by atoms with Gasteiger partial charge in [0.05, 0.1) is 28.2 Å². The van der Waals surface area contributed by atoms with Gasteiger partial charge in [0.2, 0.25) is 0 Å². The number of aldehydes is 1. The van der Waals surface area contributed by atoms with Crippen molar-refractivity contribution in [3.63, 3.8) is 0 Å². The quantitative estimate of drug-likeness (QED) is 0.186. The average Bonchev–Trinajstić information content (AvgIpc) is 3.62. The van der Waals surface area contributed by atoms with E-state index in [1.165, 1.54) is 11.3 Å². The van der Waals surface area contributed by atoms with Gasteiger partial charge in [0.1, 0.15) is 17.2 Å². The van der Waals surface area contributed by atoms with Gasteiger partial charge in [-0.05, 0) is 30.0 Å². The summed E-state index contributed by atoms with van der Waals surface area (Å²) in [6.45, 7) is 1.60. The van der Waals surface area contributed by atoms with Crippen LogP contribution in [0.25, 0.3) is 10.9 Å². The number of aromatic amines is 1. The van der Waals surface area contributed by atoms with Crippen LogP contribution in [0.4, 0.5) is 5.13 Å². The van der Waals surface area contributed by atoms with Gasteiger partial charge in [-0.3, -0.25) is 14.7 Å². The summed E-state index contributed by atoms with van der Waals surface area (Å²) in [6.07, 6.45) is 2.50. The van der Waals surface area contributed by atoms with Gasteiger partial charge < -0.3 is 25.9 Å². The van der Waals surface area contributed by atoms with Crippen LogP contribution in [0.5, 0.6) is 0 Å². The normalized spacial score (nSPS) is 12.6. The van der Waals surface area contributed by atoms with Crippen molar-refractivity contribution < 1.29 is 24.3 Å². The Balaban J connectivity index is 1.39. The zero-order chi connectivity index (χ0) is 25.7. The van der Waals surface area contributed by atoms with Gasteiger partial charge in [0, 0.05) is 18.5 Å². The summed E-state index contributed by atoms with van der Waals surface area (Å²) in [7, 11) is 0. The Morgan fingerprint density at radius 3 is 2.72 bits per heavy atom. The third kappa shape index (κ3) is 5.58. The smallest absolute Gasteiger partial charge is 0.328 e. The number of carboxylic acids is 1. The van der Waals surface area contributed by atoms with E-state index >= 15 is 0 Å². The number of carbonyl (C=O) groups is 4. The molecule has 11 nitrogen and oxygen atoms in total. The van der Waals surface area contributed by atoms with Crippen LogP contribution >= 0.6 is 22.7 Å². The molecule has 3 heterocycles. The molecule has 0 radical (unpaired) electrons. The number of thiophene rings is 1. The number of aromatic nitrogens is 3. The Kier molecular flexibility index (Phi) is 7.71. The lowest BCUT2D eigenvalue weighted by molar-refractivity contribution is -0.139. The molecule has 2 unspecified atom stereocenters. The average molecular weight is 527 g/mol. The zero-order valence-corrected chi connectivity index (χ0v) is 20.6. The van der Waals surface area contributed by atoms with Crippen LogP contribution < -0.4 is 16.0 Å². The van der Waals surface area contributed by atoms with E-state index in [4.69, 9.17) is 0 Å². The highest BCUT2D eigenvalue weighted by molar-refractivity contribution is 7.17. The summed E-state index contributed by atoms with van der Waals surface area (Å²) in [4.78, 5) is 53.4. The third-order valence-electron chi connectivity index (χ3n) is 5.37. The molecule has 4 rings (SSSR count). The van der Waals surface area contributed by atoms with Gasteiger partial charge in [-0.15, -0.1) is 11.3 Å². The number of aliphatic carboxylic acids is 1. The van der Waals surface area contributed by atoms with Crippen molar-refractivity contribution in [3.8, 4) is 0 Å². The summed E-state index contributed by atoms with van der Waals surface area (Å²) in [5.41, 5.74) is 2.04. The highest BCUT2D eigenvalue weighted by Gasteiger charge is 2.25. The molecule has 36 heavy (non-hydrogen) atoms. The molecule has 4 aromatic rings. The Hall–Kier alpha value is -4.10. The molecule has 3 aromatic heterocycles. The number of hydrogen-bond acceptors (Lipinski definition) is 9. The molecule has 0 spiro atoms. The van der Waals surface area contributed by atoms with Crippen LogP contribution in [0.2, 0.25) is 0 Å². The van der Waals surface area contributed by atoms with Gasteiger partial charge >= 0.3 is 5.97 Å². The number of H-pyrrole nitrogens is 1. The molecule has 0 saturated carbocycles. The number of aryl methyl sites for hydroxylation is 1. The molecule has 13 heteroatoms. The van der Waals surface area contributed by atoms with E-state index in [2.05, 4.69) is 31.1 Å². The Morgan fingerprint density at radius 2 is 2.00 bits per heavy atom. The first-order valence-electron chi connectivity index (χ1n) is 10.8. The van der Waals surface area contributed by atoms with Gasteiger partial charge in [-0.2, -0.15) is 5.10 Å². The topological polar surface area (TPSA) is 166 Å². The molecule has 0 aliphatic heterocycles. The van der Waals surface area contributed by atoms with Gasteiger partial charge in [0.25, 0.3) is 11.8 Å². The number of nitrogens with one attached hydrogen (secondary N) is 4. The molecule has 0 aliphatic rings. The van der Waals surface area contributed by atoms with E-state index in [-0.39, 0.29) is 18.0 Å². The summed E-state index contributed by atoms with van der Waals surface area (Å²) < 4.78 is 0. The summed E-state index contributed by atoms with van der Waals surface area (Å²) >= 11 is 2.28. The molecule has 5 N–H and O–H groups in total. The molecular weight excluding hydrogens is 504 g/mol. The first-order valence-corrected chi connectivity index (χ1v) is 12.5. The number of thiazole rings is 1. The van der Waals surface area contributed by atoms with Gasteiger partial charge in [-0.25, -0.2) is 9.78 Å². The molecule has 0 saturated heterocycles. The molecule has 0 bridgehead atoms. The lowest BCUT2D eigenvalue weighted by Gasteiger charge is -2.14. The third-order valence-corrected chi connectivity index (χ3v) is 7.36. The fourth-order valence-electron chi connectivity index (χ4n) is 3.54.